The van der Waals surface area contributed by atoms with E-state index in [0.717, 1.165) is 17.9 Å². The van der Waals surface area contributed by atoms with Crippen molar-refractivity contribution in [3.8, 4) is 0 Å². The highest BCUT2D eigenvalue weighted by atomic mass is 32.2. The van der Waals surface area contributed by atoms with Gasteiger partial charge in [-0.15, -0.1) is 0 Å². The standard InChI is InChI=1S/C12H23NO3S/c1-10(14)3-4-12(15)13(6-7-16-2)11-5-8-17-9-11/h10-11,14H,3-9H2,1-2H3. The van der Waals surface area contributed by atoms with Crippen molar-refractivity contribution < 1.29 is 14.6 Å². The molecule has 0 aromatic carbocycles. The lowest BCUT2D eigenvalue weighted by Crippen LogP contribution is -2.42. The van der Waals surface area contributed by atoms with Crippen molar-refractivity contribution in [2.75, 3.05) is 31.8 Å². The zero-order valence-electron chi connectivity index (χ0n) is 10.7. The van der Waals surface area contributed by atoms with Crippen LogP contribution in [0.5, 0.6) is 0 Å². The Morgan fingerprint density at radius 1 is 1.65 bits per heavy atom. The van der Waals surface area contributed by atoms with Gasteiger partial charge in [0.15, 0.2) is 0 Å². The van der Waals surface area contributed by atoms with Gasteiger partial charge in [-0.05, 0) is 25.5 Å². The van der Waals surface area contributed by atoms with Crippen LogP contribution >= 0.6 is 11.8 Å². The van der Waals surface area contributed by atoms with Crippen molar-refractivity contribution >= 4 is 17.7 Å². The third-order valence-corrected chi connectivity index (χ3v) is 4.12. The van der Waals surface area contributed by atoms with Crippen LogP contribution in [0.2, 0.25) is 0 Å². The largest absolute Gasteiger partial charge is 0.393 e. The normalized spacial score (nSPS) is 21.5. The molecule has 1 fully saturated rings. The summed E-state index contributed by atoms with van der Waals surface area (Å²) in [4.78, 5) is 14.0. The third-order valence-electron chi connectivity index (χ3n) is 2.98. The van der Waals surface area contributed by atoms with E-state index in [-0.39, 0.29) is 5.91 Å². The first kappa shape index (κ1) is 14.8. The molecular formula is C12H23NO3S. The maximum absolute atomic E-state index is 12.1. The molecule has 0 radical (unpaired) electrons. The molecule has 5 heteroatoms. The molecule has 0 bridgehead atoms. The Balaban J connectivity index is 2.45. The average Bonchev–Trinajstić information content (AvgIpc) is 2.80. The summed E-state index contributed by atoms with van der Waals surface area (Å²) in [7, 11) is 1.65. The van der Waals surface area contributed by atoms with Gasteiger partial charge in [0.05, 0.1) is 12.7 Å². The summed E-state index contributed by atoms with van der Waals surface area (Å²) in [5, 5.41) is 9.22. The molecule has 0 aliphatic carbocycles. The lowest BCUT2D eigenvalue weighted by Gasteiger charge is -2.28. The van der Waals surface area contributed by atoms with Crippen LogP contribution in [0.1, 0.15) is 26.2 Å². The highest BCUT2D eigenvalue weighted by molar-refractivity contribution is 7.99. The summed E-state index contributed by atoms with van der Waals surface area (Å²) in [6, 6.07) is 0.358. The van der Waals surface area contributed by atoms with Crippen molar-refractivity contribution in [3.05, 3.63) is 0 Å². The molecule has 0 spiro atoms. The minimum atomic E-state index is -0.402. The SMILES string of the molecule is COCCN(C(=O)CCC(C)O)C1CCSC1. The molecule has 2 unspecified atom stereocenters. The molecule has 17 heavy (non-hydrogen) atoms. The second-order valence-electron chi connectivity index (χ2n) is 4.49. The van der Waals surface area contributed by atoms with Crippen LogP contribution in [0.4, 0.5) is 0 Å². The molecular weight excluding hydrogens is 238 g/mol. The van der Waals surface area contributed by atoms with Crippen LogP contribution in [0.3, 0.4) is 0 Å². The van der Waals surface area contributed by atoms with Crippen LogP contribution < -0.4 is 0 Å². The molecule has 1 aliphatic rings. The number of hydrogen-bond donors (Lipinski definition) is 1. The number of aliphatic hydroxyl groups excluding tert-OH is 1. The average molecular weight is 261 g/mol. The number of nitrogens with zero attached hydrogens (tertiary/aromatic N) is 1. The highest BCUT2D eigenvalue weighted by Gasteiger charge is 2.26. The second-order valence-corrected chi connectivity index (χ2v) is 5.63. The van der Waals surface area contributed by atoms with Crippen LogP contribution in [-0.4, -0.2) is 59.8 Å². The number of rotatable bonds is 7. The van der Waals surface area contributed by atoms with Gasteiger partial charge in [-0.1, -0.05) is 0 Å². The molecule has 1 rings (SSSR count). The summed E-state index contributed by atoms with van der Waals surface area (Å²) in [6.45, 7) is 2.97. The van der Waals surface area contributed by atoms with Crippen molar-refractivity contribution in [1.29, 1.82) is 0 Å². The Labute approximate surface area is 108 Å². The van der Waals surface area contributed by atoms with E-state index < -0.39 is 6.10 Å². The molecule has 1 amide bonds. The van der Waals surface area contributed by atoms with E-state index in [9.17, 15) is 9.90 Å². The molecule has 1 heterocycles. The summed E-state index contributed by atoms with van der Waals surface area (Å²) in [6.07, 6.45) is 1.65. The Morgan fingerprint density at radius 2 is 2.41 bits per heavy atom. The van der Waals surface area contributed by atoms with Gasteiger partial charge in [0.1, 0.15) is 0 Å². The van der Waals surface area contributed by atoms with Gasteiger partial charge in [0.2, 0.25) is 5.91 Å². The molecule has 4 nitrogen and oxygen atoms in total. The van der Waals surface area contributed by atoms with E-state index in [1.807, 2.05) is 16.7 Å². The molecule has 1 saturated heterocycles. The zero-order chi connectivity index (χ0) is 12.7. The fourth-order valence-corrected chi connectivity index (χ4v) is 3.17. The van der Waals surface area contributed by atoms with Gasteiger partial charge in [0, 0.05) is 31.9 Å². The lowest BCUT2D eigenvalue weighted by atomic mass is 10.1. The molecule has 100 valence electrons. The minimum absolute atomic E-state index is 0.149. The number of ether oxygens (including phenoxy) is 1. The Kier molecular flexibility index (Phi) is 6.92. The van der Waals surface area contributed by atoms with E-state index in [4.69, 9.17) is 4.74 Å². The van der Waals surface area contributed by atoms with Gasteiger partial charge < -0.3 is 14.7 Å². The van der Waals surface area contributed by atoms with Gasteiger partial charge in [-0.3, -0.25) is 4.79 Å². The maximum Gasteiger partial charge on any atom is 0.223 e. The Bertz CT molecular complexity index is 230. The molecule has 0 saturated carbocycles. The van der Waals surface area contributed by atoms with Crippen molar-refractivity contribution in [3.63, 3.8) is 0 Å². The quantitative estimate of drug-likeness (QED) is 0.746. The molecule has 1 N–H and O–H groups in total. The zero-order valence-corrected chi connectivity index (χ0v) is 11.5. The van der Waals surface area contributed by atoms with E-state index in [1.165, 1.54) is 0 Å². The number of carbonyl (C=O) groups excluding carboxylic acids is 1. The molecule has 0 aromatic rings. The van der Waals surface area contributed by atoms with Crippen molar-refractivity contribution in [2.24, 2.45) is 0 Å². The third kappa shape index (κ3) is 5.27. The summed E-state index contributed by atoms with van der Waals surface area (Å²) < 4.78 is 5.06. The number of amides is 1. The smallest absolute Gasteiger partial charge is 0.223 e. The van der Waals surface area contributed by atoms with E-state index in [2.05, 4.69) is 0 Å². The van der Waals surface area contributed by atoms with Gasteiger partial charge in [-0.2, -0.15) is 11.8 Å². The predicted molar refractivity (Wildman–Crippen MR) is 70.2 cm³/mol. The van der Waals surface area contributed by atoms with Crippen molar-refractivity contribution in [1.82, 2.24) is 4.90 Å². The fraction of sp³-hybridized carbons (Fsp3) is 0.917. The van der Waals surface area contributed by atoms with Crippen LogP contribution in [-0.2, 0) is 9.53 Å². The molecule has 0 aromatic heterocycles. The fourth-order valence-electron chi connectivity index (χ4n) is 1.94. The maximum atomic E-state index is 12.1. The first-order valence-corrected chi connectivity index (χ1v) is 7.34. The topological polar surface area (TPSA) is 49.8 Å². The first-order chi connectivity index (χ1) is 8.15. The second kappa shape index (κ2) is 7.95. The van der Waals surface area contributed by atoms with Crippen molar-refractivity contribution in [2.45, 2.75) is 38.3 Å². The summed E-state index contributed by atoms with van der Waals surface area (Å²) in [5.41, 5.74) is 0. The van der Waals surface area contributed by atoms with E-state index in [1.54, 1.807) is 14.0 Å². The number of methoxy groups -OCH3 is 1. The number of thioether (sulfide) groups is 1. The molecule has 1 aliphatic heterocycles. The van der Waals surface area contributed by atoms with E-state index >= 15 is 0 Å². The number of carbonyl (C=O) groups is 1. The van der Waals surface area contributed by atoms with Crippen LogP contribution in [0, 0.1) is 0 Å². The minimum Gasteiger partial charge on any atom is -0.393 e. The Hall–Kier alpha value is -0.260. The van der Waals surface area contributed by atoms with Crippen LogP contribution in [0.15, 0.2) is 0 Å². The van der Waals surface area contributed by atoms with Gasteiger partial charge in [0.25, 0.3) is 0 Å². The van der Waals surface area contributed by atoms with E-state index in [0.29, 0.717) is 32.0 Å². The summed E-state index contributed by atoms with van der Waals surface area (Å²) in [5.74, 6) is 2.32. The molecule has 2 atom stereocenters. The van der Waals surface area contributed by atoms with Crippen LogP contribution in [0.25, 0.3) is 0 Å². The number of aliphatic hydroxyl groups is 1. The summed E-state index contributed by atoms with van der Waals surface area (Å²) >= 11 is 1.90. The highest BCUT2D eigenvalue weighted by Crippen LogP contribution is 2.23. The first-order valence-electron chi connectivity index (χ1n) is 6.19. The van der Waals surface area contributed by atoms with Gasteiger partial charge >= 0.3 is 0 Å². The monoisotopic (exact) mass is 261 g/mol. The number of hydrogen-bond acceptors (Lipinski definition) is 4. The predicted octanol–water partition coefficient (Wildman–Crippen LogP) is 1.13. The Morgan fingerprint density at radius 3 is 2.94 bits per heavy atom. The lowest BCUT2D eigenvalue weighted by molar-refractivity contribution is -0.134. The van der Waals surface area contributed by atoms with Gasteiger partial charge in [-0.25, -0.2) is 0 Å².